The summed E-state index contributed by atoms with van der Waals surface area (Å²) in [5.74, 6) is -0.968. The Morgan fingerprint density at radius 1 is 0.862 bits per heavy atom. The molecule has 2 aromatic carbocycles. The third-order valence-corrected chi connectivity index (χ3v) is 5.68. The van der Waals surface area contributed by atoms with Gasteiger partial charge in [0.25, 0.3) is 11.8 Å². The van der Waals surface area contributed by atoms with Crippen LogP contribution in [0.3, 0.4) is 0 Å². The van der Waals surface area contributed by atoms with Gasteiger partial charge in [0.15, 0.2) is 0 Å². The van der Waals surface area contributed by atoms with E-state index >= 15 is 0 Å². The highest BCUT2D eigenvalue weighted by Gasteiger charge is 2.37. The van der Waals surface area contributed by atoms with Crippen LogP contribution >= 0.6 is 11.6 Å². The van der Waals surface area contributed by atoms with Gasteiger partial charge in [0.1, 0.15) is 6.54 Å². The van der Waals surface area contributed by atoms with E-state index in [0.717, 1.165) is 36.0 Å². The molecule has 0 N–H and O–H groups in total. The predicted octanol–water partition coefficient (Wildman–Crippen LogP) is 2.67. The monoisotopic (exact) mass is 411 g/mol. The van der Waals surface area contributed by atoms with Crippen LogP contribution in [-0.4, -0.2) is 65.1 Å². The molecule has 2 aliphatic rings. The van der Waals surface area contributed by atoms with Crippen molar-refractivity contribution >= 4 is 29.3 Å². The van der Waals surface area contributed by atoms with Gasteiger partial charge in [-0.15, -0.1) is 0 Å². The highest BCUT2D eigenvalue weighted by Crippen LogP contribution is 2.22. The second-order valence-electron chi connectivity index (χ2n) is 7.38. The predicted molar refractivity (Wildman–Crippen MR) is 110 cm³/mol. The Bertz CT molecular complexity index is 910. The second-order valence-corrected chi connectivity index (χ2v) is 7.82. The molecule has 29 heavy (non-hydrogen) atoms. The van der Waals surface area contributed by atoms with Crippen molar-refractivity contribution in [3.05, 3.63) is 70.2 Å². The van der Waals surface area contributed by atoms with Gasteiger partial charge in [-0.25, -0.2) is 0 Å². The average Bonchev–Trinajstić information content (AvgIpc) is 2.89. The fraction of sp³-hybridized carbons (Fsp3) is 0.318. The number of rotatable bonds is 4. The smallest absolute Gasteiger partial charge is 0.262 e. The minimum atomic E-state index is -0.391. The van der Waals surface area contributed by atoms with E-state index in [2.05, 4.69) is 4.90 Å². The van der Waals surface area contributed by atoms with Crippen LogP contribution in [-0.2, 0) is 11.3 Å². The summed E-state index contributed by atoms with van der Waals surface area (Å²) in [7, 11) is 0. The van der Waals surface area contributed by atoms with E-state index in [1.807, 2.05) is 24.3 Å². The molecule has 1 saturated heterocycles. The van der Waals surface area contributed by atoms with E-state index in [1.165, 1.54) is 5.56 Å². The summed E-state index contributed by atoms with van der Waals surface area (Å²) < 4.78 is 0. The fourth-order valence-corrected chi connectivity index (χ4v) is 3.97. The Kier molecular flexibility index (Phi) is 5.65. The van der Waals surface area contributed by atoms with E-state index in [0.29, 0.717) is 24.2 Å². The first-order valence-electron chi connectivity index (χ1n) is 9.73. The highest BCUT2D eigenvalue weighted by molar-refractivity contribution is 6.30. The van der Waals surface area contributed by atoms with E-state index in [9.17, 15) is 14.4 Å². The number of carbonyl (C=O) groups excluding carboxylic acids is 3. The zero-order valence-corrected chi connectivity index (χ0v) is 16.8. The van der Waals surface area contributed by atoms with Gasteiger partial charge in [-0.3, -0.25) is 24.2 Å². The molecule has 0 unspecified atom stereocenters. The lowest BCUT2D eigenvalue weighted by molar-refractivity contribution is -0.131. The zero-order valence-electron chi connectivity index (χ0n) is 16.0. The lowest BCUT2D eigenvalue weighted by Crippen LogP contribution is -2.44. The maximum atomic E-state index is 12.8. The average molecular weight is 412 g/mol. The standard InChI is InChI=1S/C22H22ClN3O3/c23-17-8-6-16(7-9-17)14-24-10-3-11-25(13-12-24)20(27)15-26-21(28)18-4-1-2-5-19(18)22(26)29/h1-2,4-9H,3,10-15H2. The van der Waals surface area contributed by atoms with Crippen molar-refractivity contribution in [2.45, 2.75) is 13.0 Å². The Morgan fingerprint density at radius 3 is 2.17 bits per heavy atom. The van der Waals surface area contributed by atoms with Gasteiger partial charge in [0.05, 0.1) is 11.1 Å². The Hall–Kier alpha value is -2.70. The molecule has 4 rings (SSSR count). The van der Waals surface area contributed by atoms with Crippen LogP contribution in [0.15, 0.2) is 48.5 Å². The third kappa shape index (κ3) is 4.18. The molecule has 150 valence electrons. The van der Waals surface area contributed by atoms with E-state index in [-0.39, 0.29) is 12.5 Å². The van der Waals surface area contributed by atoms with Crippen molar-refractivity contribution in [3.8, 4) is 0 Å². The van der Waals surface area contributed by atoms with Gasteiger partial charge in [0.2, 0.25) is 5.91 Å². The number of carbonyl (C=O) groups is 3. The van der Waals surface area contributed by atoms with E-state index in [4.69, 9.17) is 11.6 Å². The number of nitrogens with zero attached hydrogens (tertiary/aromatic N) is 3. The summed E-state index contributed by atoms with van der Waals surface area (Å²) >= 11 is 5.94. The molecule has 1 fully saturated rings. The van der Waals surface area contributed by atoms with Crippen LogP contribution in [0.2, 0.25) is 5.02 Å². The number of benzene rings is 2. The second kappa shape index (κ2) is 8.35. The summed E-state index contributed by atoms with van der Waals surface area (Å²) in [5.41, 5.74) is 1.92. The van der Waals surface area contributed by atoms with E-state index in [1.54, 1.807) is 29.2 Å². The molecule has 0 spiro atoms. The van der Waals surface area contributed by atoms with Crippen molar-refractivity contribution in [3.63, 3.8) is 0 Å². The molecule has 0 aromatic heterocycles. The van der Waals surface area contributed by atoms with Crippen LogP contribution in [0.25, 0.3) is 0 Å². The fourth-order valence-electron chi connectivity index (χ4n) is 3.84. The lowest BCUT2D eigenvalue weighted by Gasteiger charge is -2.24. The Labute approximate surface area is 174 Å². The third-order valence-electron chi connectivity index (χ3n) is 5.43. The number of fused-ring (bicyclic) bond motifs is 1. The van der Waals surface area contributed by atoms with Gasteiger partial charge in [0, 0.05) is 37.7 Å². The van der Waals surface area contributed by atoms with Crippen LogP contribution in [0.1, 0.15) is 32.7 Å². The van der Waals surface area contributed by atoms with Crippen molar-refractivity contribution < 1.29 is 14.4 Å². The van der Waals surface area contributed by atoms with Gasteiger partial charge in [-0.05, 0) is 36.2 Å². The Balaban J connectivity index is 1.35. The summed E-state index contributed by atoms with van der Waals surface area (Å²) in [6.45, 7) is 3.44. The molecule has 0 saturated carbocycles. The molecule has 0 bridgehead atoms. The minimum Gasteiger partial charge on any atom is -0.340 e. The molecular formula is C22H22ClN3O3. The van der Waals surface area contributed by atoms with Crippen LogP contribution < -0.4 is 0 Å². The molecule has 6 nitrogen and oxygen atoms in total. The van der Waals surface area contributed by atoms with E-state index < -0.39 is 11.8 Å². The summed E-state index contributed by atoms with van der Waals surface area (Å²) in [5, 5.41) is 0.717. The molecule has 7 heteroatoms. The molecule has 2 aliphatic heterocycles. The number of amides is 3. The van der Waals surface area contributed by atoms with Crippen molar-refractivity contribution in [1.29, 1.82) is 0 Å². The highest BCUT2D eigenvalue weighted by atomic mass is 35.5. The summed E-state index contributed by atoms with van der Waals surface area (Å²) in [4.78, 5) is 42.9. The first kappa shape index (κ1) is 19.6. The minimum absolute atomic E-state index is 0.187. The lowest BCUT2D eigenvalue weighted by atomic mass is 10.1. The molecule has 0 aliphatic carbocycles. The maximum absolute atomic E-state index is 12.8. The molecule has 3 amide bonds. The first-order valence-corrected chi connectivity index (χ1v) is 10.1. The van der Waals surface area contributed by atoms with Gasteiger partial charge in [-0.2, -0.15) is 0 Å². The molecule has 2 aromatic rings. The number of imide groups is 1. The number of hydrogen-bond donors (Lipinski definition) is 0. The number of halogens is 1. The van der Waals surface area contributed by atoms with Crippen LogP contribution in [0, 0.1) is 0 Å². The quantitative estimate of drug-likeness (QED) is 0.726. The van der Waals surface area contributed by atoms with Gasteiger partial charge >= 0.3 is 0 Å². The van der Waals surface area contributed by atoms with Gasteiger partial charge < -0.3 is 4.90 Å². The van der Waals surface area contributed by atoms with Crippen molar-refractivity contribution in [1.82, 2.24) is 14.7 Å². The molecule has 0 radical (unpaired) electrons. The SMILES string of the molecule is O=C(CN1C(=O)c2ccccc2C1=O)N1CCCN(Cc2ccc(Cl)cc2)CC1. The summed E-state index contributed by atoms with van der Waals surface area (Å²) in [6, 6.07) is 14.5. The normalized spacial score (nSPS) is 17.4. The van der Waals surface area contributed by atoms with Crippen molar-refractivity contribution in [2.75, 3.05) is 32.7 Å². The molecule has 2 heterocycles. The molecular weight excluding hydrogens is 390 g/mol. The van der Waals surface area contributed by atoms with Gasteiger partial charge in [-0.1, -0.05) is 35.9 Å². The zero-order chi connectivity index (χ0) is 20.4. The topological polar surface area (TPSA) is 60.9 Å². The summed E-state index contributed by atoms with van der Waals surface area (Å²) in [6.07, 6.45) is 0.849. The van der Waals surface area contributed by atoms with Crippen LogP contribution in [0.4, 0.5) is 0 Å². The maximum Gasteiger partial charge on any atom is 0.262 e. The largest absolute Gasteiger partial charge is 0.340 e. The Morgan fingerprint density at radius 2 is 1.52 bits per heavy atom. The van der Waals surface area contributed by atoms with Crippen molar-refractivity contribution in [2.24, 2.45) is 0 Å². The molecule has 0 atom stereocenters. The van der Waals surface area contributed by atoms with Crippen LogP contribution in [0.5, 0.6) is 0 Å². The first-order chi connectivity index (χ1) is 14.0. The number of hydrogen-bond acceptors (Lipinski definition) is 4.